The van der Waals surface area contributed by atoms with Gasteiger partial charge in [0.2, 0.25) is 0 Å². The number of thioether (sulfide) groups is 1. The Morgan fingerprint density at radius 3 is 2.83 bits per heavy atom. The summed E-state index contributed by atoms with van der Waals surface area (Å²) in [5.41, 5.74) is 0.970. The third-order valence-corrected chi connectivity index (χ3v) is 6.28. The molecule has 24 heavy (non-hydrogen) atoms. The van der Waals surface area contributed by atoms with Crippen molar-refractivity contribution in [1.82, 2.24) is 14.5 Å². The van der Waals surface area contributed by atoms with Gasteiger partial charge in [-0.05, 0) is 57.8 Å². The minimum atomic E-state index is 0.139. The molecular weight excluding hydrogens is 318 g/mol. The molecule has 0 N–H and O–H groups in total. The van der Waals surface area contributed by atoms with Crippen LogP contribution in [0, 0.1) is 0 Å². The predicted molar refractivity (Wildman–Crippen MR) is 99.9 cm³/mol. The van der Waals surface area contributed by atoms with E-state index in [-0.39, 0.29) is 5.56 Å². The van der Waals surface area contributed by atoms with E-state index in [1.54, 1.807) is 11.8 Å². The highest BCUT2D eigenvalue weighted by molar-refractivity contribution is 7.99. The minimum Gasteiger partial charge on any atom is -0.303 e. The number of hydrogen-bond acceptors (Lipinski definition) is 4. The molecule has 4 nitrogen and oxygen atoms in total. The molecule has 0 spiro atoms. The van der Waals surface area contributed by atoms with E-state index in [9.17, 15) is 4.79 Å². The normalized spacial score (nSPS) is 22.1. The van der Waals surface area contributed by atoms with E-state index in [0.717, 1.165) is 34.7 Å². The number of fused-ring (bicyclic) bond motifs is 1. The molecule has 1 saturated carbocycles. The summed E-state index contributed by atoms with van der Waals surface area (Å²) in [6, 6.07) is 8.79. The van der Waals surface area contributed by atoms with Gasteiger partial charge in [-0.25, -0.2) is 4.98 Å². The van der Waals surface area contributed by atoms with Gasteiger partial charge in [0.1, 0.15) is 0 Å². The van der Waals surface area contributed by atoms with E-state index in [1.807, 2.05) is 28.8 Å². The van der Waals surface area contributed by atoms with Crippen LogP contribution in [0.3, 0.4) is 0 Å². The number of hydrogen-bond donors (Lipinski definition) is 0. The molecule has 2 fully saturated rings. The van der Waals surface area contributed by atoms with Gasteiger partial charge in [0.25, 0.3) is 5.56 Å². The summed E-state index contributed by atoms with van der Waals surface area (Å²) >= 11 is 1.77. The molecule has 4 rings (SSSR count). The summed E-state index contributed by atoms with van der Waals surface area (Å²) in [6.07, 6.45) is 7.37. The molecule has 0 bridgehead atoms. The van der Waals surface area contributed by atoms with Crippen LogP contribution in [0.5, 0.6) is 0 Å². The number of aromatic nitrogens is 2. The van der Waals surface area contributed by atoms with E-state index >= 15 is 0 Å². The molecule has 1 aromatic carbocycles. The maximum Gasteiger partial charge on any atom is 0.262 e. The van der Waals surface area contributed by atoms with Gasteiger partial charge >= 0.3 is 0 Å². The van der Waals surface area contributed by atoms with Gasteiger partial charge in [0.05, 0.1) is 10.9 Å². The molecule has 1 atom stereocenters. The zero-order chi connectivity index (χ0) is 16.5. The van der Waals surface area contributed by atoms with Crippen molar-refractivity contribution in [3.05, 3.63) is 34.6 Å². The van der Waals surface area contributed by atoms with Gasteiger partial charge in [-0.2, -0.15) is 0 Å². The minimum absolute atomic E-state index is 0.139. The molecule has 1 unspecified atom stereocenters. The number of rotatable bonds is 5. The Labute approximate surface area is 147 Å². The lowest BCUT2D eigenvalue weighted by Gasteiger charge is -2.32. The summed E-state index contributed by atoms with van der Waals surface area (Å²) in [6.45, 7) is 1.22. The van der Waals surface area contributed by atoms with E-state index in [1.165, 1.54) is 32.2 Å². The Morgan fingerprint density at radius 1 is 1.21 bits per heavy atom. The van der Waals surface area contributed by atoms with E-state index in [0.29, 0.717) is 12.1 Å². The molecule has 1 aliphatic heterocycles. The average molecular weight is 343 g/mol. The van der Waals surface area contributed by atoms with Crippen LogP contribution in [0.2, 0.25) is 0 Å². The molecule has 1 aromatic heterocycles. The lowest BCUT2D eigenvalue weighted by molar-refractivity contribution is 0.182. The van der Waals surface area contributed by atoms with Crippen LogP contribution in [0.25, 0.3) is 10.9 Å². The Hall–Kier alpha value is -1.33. The summed E-state index contributed by atoms with van der Waals surface area (Å²) < 4.78 is 1.96. The highest BCUT2D eigenvalue weighted by atomic mass is 32.2. The van der Waals surface area contributed by atoms with E-state index in [2.05, 4.69) is 11.9 Å². The summed E-state index contributed by atoms with van der Waals surface area (Å²) in [5.74, 6) is 1.03. The zero-order valence-electron chi connectivity index (χ0n) is 14.3. The van der Waals surface area contributed by atoms with Crippen LogP contribution in [0.4, 0.5) is 0 Å². The van der Waals surface area contributed by atoms with Gasteiger partial charge < -0.3 is 4.90 Å². The number of likely N-dealkylation sites (tertiary alicyclic amines) is 1. The van der Waals surface area contributed by atoms with Crippen LogP contribution < -0.4 is 5.56 Å². The molecule has 2 aromatic rings. The Bertz CT molecular complexity index is 784. The van der Waals surface area contributed by atoms with Crippen LogP contribution in [0.1, 0.15) is 44.6 Å². The Kier molecular flexibility index (Phi) is 4.63. The SMILES string of the molecule is CN1CCCCC1CCSc1nc2ccccc2c(=O)n1C1CC1. The fourth-order valence-electron chi connectivity index (χ4n) is 3.68. The van der Waals surface area contributed by atoms with Crippen LogP contribution >= 0.6 is 11.8 Å². The van der Waals surface area contributed by atoms with E-state index < -0.39 is 0 Å². The van der Waals surface area contributed by atoms with Crippen LogP contribution in [-0.4, -0.2) is 39.8 Å². The highest BCUT2D eigenvalue weighted by Crippen LogP contribution is 2.37. The van der Waals surface area contributed by atoms with Crippen molar-refractivity contribution < 1.29 is 0 Å². The third-order valence-electron chi connectivity index (χ3n) is 5.29. The molecule has 1 saturated heterocycles. The lowest BCUT2D eigenvalue weighted by Crippen LogP contribution is -2.36. The number of para-hydroxylation sites is 1. The zero-order valence-corrected chi connectivity index (χ0v) is 15.1. The molecule has 0 amide bonds. The third kappa shape index (κ3) is 3.24. The molecule has 5 heteroatoms. The summed E-state index contributed by atoms with van der Waals surface area (Å²) in [4.78, 5) is 20.2. The largest absolute Gasteiger partial charge is 0.303 e. The second-order valence-electron chi connectivity index (χ2n) is 7.09. The fourth-order valence-corrected chi connectivity index (χ4v) is 4.78. The van der Waals surface area contributed by atoms with Gasteiger partial charge in [0.15, 0.2) is 5.16 Å². The smallest absolute Gasteiger partial charge is 0.262 e. The standard InChI is InChI=1S/C19H25N3OS/c1-21-12-5-4-6-14(21)11-13-24-19-20-17-8-3-2-7-16(17)18(23)22(19)15-9-10-15/h2-3,7-8,14-15H,4-6,9-13H2,1H3. The van der Waals surface area contributed by atoms with Gasteiger partial charge in [-0.1, -0.05) is 30.3 Å². The van der Waals surface area contributed by atoms with Gasteiger partial charge in [-0.3, -0.25) is 9.36 Å². The van der Waals surface area contributed by atoms with Crippen molar-refractivity contribution in [3.8, 4) is 0 Å². The van der Waals surface area contributed by atoms with Crippen molar-refractivity contribution >= 4 is 22.7 Å². The molecule has 2 aliphatic rings. The van der Waals surface area contributed by atoms with Gasteiger partial charge in [-0.15, -0.1) is 0 Å². The first-order valence-corrected chi connectivity index (χ1v) is 10.1. The van der Waals surface area contributed by atoms with Crippen LogP contribution in [-0.2, 0) is 0 Å². The Morgan fingerprint density at radius 2 is 2.04 bits per heavy atom. The lowest BCUT2D eigenvalue weighted by atomic mass is 10.0. The van der Waals surface area contributed by atoms with Crippen molar-refractivity contribution in [1.29, 1.82) is 0 Å². The first-order chi connectivity index (χ1) is 11.7. The quantitative estimate of drug-likeness (QED) is 0.613. The van der Waals surface area contributed by atoms with Gasteiger partial charge in [0, 0.05) is 17.8 Å². The summed E-state index contributed by atoms with van der Waals surface area (Å²) in [7, 11) is 2.24. The second-order valence-corrected chi connectivity index (χ2v) is 8.15. The van der Waals surface area contributed by atoms with E-state index in [4.69, 9.17) is 4.98 Å². The van der Waals surface area contributed by atoms with Crippen molar-refractivity contribution in [3.63, 3.8) is 0 Å². The van der Waals surface area contributed by atoms with Crippen molar-refractivity contribution in [2.75, 3.05) is 19.3 Å². The predicted octanol–water partition coefficient (Wildman–Crippen LogP) is 3.70. The Balaban J connectivity index is 1.54. The topological polar surface area (TPSA) is 38.1 Å². The maximum absolute atomic E-state index is 12.8. The number of benzene rings is 1. The van der Waals surface area contributed by atoms with Crippen LogP contribution in [0.15, 0.2) is 34.2 Å². The molecule has 0 radical (unpaired) electrons. The molecule has 2 heterocycles. The number of nitrogens with zero attached hydrogens (tertiary/aromatic N) is 3. The average Bonchev–Trinajstić information content (AvgIpc) is 3.42. The first kappa shape index (κ1) is 16.2. The molecule has 1 aliphatic carbocycles. The fraction of sp³-hybridized carbons (Fsp3) is 0.579. The highest BCUT2D eigenvalue weighted by Gasteiger charge is 2.28. The summed E-state index contributed by atoms with van der Waals surface area (Å²) in [5, 5.41) is 1.67. The maximum atomic E-state index is 12.8. The van der Waals surface area contributed by atoms with Crippen molar-refractivity contribution in [2.24, 2.45) is 0 Å². The monoisotopic (exact) mass is 343 g/mol. The second kappa shape index (κ2) is 6.89. The molecule has 128 valence electrons. The van der Waals surface area contributed by atoms with Crippen molar-refractivity contribution in [2.45, 2.75) is 55.8 Å². The first-order valence-electron chi connectivity index (χ1n) is 9.08. The number of piperidine rings is 1. The molecular formula is C19H25N3OS.